The number of methoxy groups -OCH3 is 2. The standard InChI is InChI=1S/C28H31BrN2O6/c1-15(2)22-12-19-21(37-22)8-7-17(28(19)35-10-6-9-29)27-26-18-11-24(33-4)25(34-5)13-23(18)36-14-20(26)31(30-27)16(3)32/h7-8,11,13,20,22,26H,1,6,9-10,12,14H2,2-5H3/t20?,22-,26?/m1/s1. The van der Waals surface area contributed by atoms with Crippen molar-refractivity contribution in [1.82, 2.24) is 5.01 Å². The Morgan fingerprint density at radius 3 is 2.62 bits per heavy atom. The zero-order valence-electron chi connectivity index (χ0n) is 21.5. The fourth-order valence-electron chi connectivity index (χ4n) is 5.21. The van der Waals surface area contributed by atoms with Gasteiger partial charge in [-0.1, -0.05) is 22.5 Å². The highest BCUT2D eigenvalue weighted by atomic mass is 79.9. The van der Waals surface area contributed by atoms with Crippen molar-refractivity contribution in [1.29, 1.82) is 0 Å². The molecule has 8 nitrogen and oxygen atoms in total. The number of hydrogen-bond donors (Lipinski definition) is 0. The third kappa shape index (κ3) is 4.43. The molecule has 3 atom stereocenters. The van der Waals surface area contributed by atoms with Crippen LogP contribution in [0.15, 0.2) is 41.5 Å². The summed E-state index contributed by atoms with van der Waals surface area (Å²) < 4.78 is 29.8. The van der Waals surface area contributed by atoms with E-state index in [4.69, 9.17) is 28.8 Å². The molecule has 3 heterocycles. The summed E-state index contributed by atoms with van der Waals surface area (Å²) in [6, 6.07) is 7.41. The lowest BCUT2D eigenvalue weighted by Crippen LogP contribution is -2.42. The first kappa shape index (κ1) is 25.4. The zero-order valence-corrected chi connectivity index (χ0v) is 23.1. The molecule has 2 aromatic rings. The lowest BCUT2D eigenvalue weighted by Gasteiger charge is -2.32. The van der Waals surface area contributed by atoms with E-state index in [-0.39, 0.29) is 24.0 Å². The molecule has 0 saturated heterocycles. The van der Waals surface area contributed by atoms with Gasteiger partial charge in [0.05, 0.1) is 32.5 Å². The number of carbonyl (C=O) groups excluding carboxylic acids is 1. The van der Waals surface area contributed by atoms with Gasteiger partial charge < -0.3 is 23.7 Å². The van der Waals surface area contributed by atoms with Crippen molar-refractivity contribution in [3.63, 3.8) is 0 Å². The summed E-state index contributed by atoms with van der Waals surface area (Å²) in [5.41, 5.74) is 4.46. The minimum absolute atomic E-state index is 0.101. The van der Waals surface area contributed by atoms with Gasteiger partial charge >= 0.3 is 0 Å². The number of carbonyl (C=O) groups is 1. The molecule has 0 aromatic heterocycles. The van der Waals surface area contributed by atoms with Gasteiger partial charge in [-0.05, 0) is 37.1 Å². The lowest BCUT2D eigenvalue weighted by molar-refractivity contribution is -0.131. The molecule has 9 heteroatoms. The molecule has 196 valence electrons. The van der Waals surface area contributed by atoms with Gasteiger partial charge in [-0.2, -0.15) is 5.10 Å². The Labute approximate surface area is 225 Å². The Morgan fingerprint density at radius 1 is 1.19 bits per heavy atom. The van der Waals surface area contributed by atoms with E-state index in [2.05, 4.69) is 22.5 Å². The van der Waals surface area contributed by atoms with E-state index in [1.807, 2.05) is 31.2 Å². The number of benzene rings is 2. The molecule has 0 aliphatic carbocycles. The van der Waals surface area contributed by atoms with Crippen LogP contribution < -0.4 is 23.7 Å². The first-order valence-electron chi connectivity index (χ1n) is 12.3. The van der Waals surface area contributed by atoms with Crippen molar-refractivity contribution in [2.24, 2.45) is 5.10 Å². The first-order chi connectivity index (χ1) is 17.9. The number of fused-ring (bicyclic) bond motifs is 4. The molecule has 0 N–H and O–H groups in total. The van der Waals surface area contributed by atoms with E-state index in [9.17, 15) is 4.79 Å². The maximum Gasteiger partial charge on any atom is 0.239 e. The van der Waals surface area contributed by atoms with Crippen molar-refractivity contribution in [2.45, 2.75) is 44.8 Å². The topological polar surface area (TPSA) is 78.8 Å². The monoisotopic (exact) mass is 570 g/mol. The van der Waals surface area contributed by atoms with Gasteiger partial charge in [-0.3, -0.25) is 4.79 Å². The van der Waals surface area contributed by atoms with Gasteiger partial charge in [0.1, 0.15) is 36.0 Å². The predicted octanol–water partition coefficient (Wildman–Crippen LogP) is 4.86. The normalized spacial score (nSPS) is 21.2. The van der Waals surface area contributed by atoms with Gasteiger partial charge in [0.15, 0.2) is 11.5 Å². The molecule has 2 aromatic carbocycles. The molecule has 0 bridgehead atoms. The van der Waals surface area contributed by atoms with Crippen LogP contribution in [0.3, 0.4) is 0 Å². The number of nitrogens with zero attached hydrogens (tertiary/aromatic N) is 2. The quantitative estimate of drug-likeness (QED) is 0.256. The minimum Gasteiger partial charge on any atom is -0.493 e. The van der Waals surface area contributed by atoms with Crippen molar-refractivity contribution < 1.29 is 28.5 Å². The van der Waals surface area contributed by atoms with Gasteiger partial charge in [0.25, 0.3) is 0 Å². The lowest BCUT2D eigenvalue weighted by atomic mass is 9.82. The molecule has 0 fully saturated rings. The summed E-state index contributed by atoms with van der Waals surface area (Å²) in [4.78, 5) is 12.7. The second-order valence-corrected chi connectivity index (χ2v) is 10.2. The van der Waals surface area contributed by atoms with Crippen molar-refractivity contribution in [3.05, 3.63) is 53.1 Å². The van der Waals surface area contributed by atoms with Crippen LogP contribution in [-0.2, 0) is 11.2 Å². The van der Waals surface area contributed by atoms with E-state index < -0.39 is 0 Å². The fourth-order valence-corrected chi connectivity index (χ4v) is 5.43. The third-order valence-corrected chi connectivity index (χ3v) is 7.58. The van der Waals surface area contributed by atoms with Crippen molar-refractivity contribution in [3.8, 4) is 28.7 Å². The van der Waals surface area contributed by atoms with E-state index >= 15 is 0 Å². The van der Waals surface area contributed by atoms with Crippen LogP contribution in [0.1, 0.15) is 42.9 Å². The average Bonchev–Trinajstić information content (AvgIpc) is 3.50. The predicted molar refractivity (Wildman–Crippen MR) is 144 cm³/mol. The van der Waals surface area contributed by atoms with Crippen LogP contribution in [0.4, 0.5) is 0 Å². The molecule has 0 spiro atoms. The highest BCUT2D eigenvalue weighted by Gasteiger charge is 2.47. The molecular formula is C28H31BrN2O6. The zero-order chi connectivity index (χ0) is 26.3. The molecule has 2 unspecified atom stereocenters. The summed E-state index contributed by atoms with van der Waals surface area (Å²) in [7, 11) is 3.20. The Morgan fingerprint density at radius 2 is 1.95 bits per heavy atom. The summed E-state index contributed by atoms with van der Waals surface area (Å²) in [5, 5.41) is 7.23. The van der Waals surface area contributed by atoms with Crippen LogP contribution in [0.2, 0.25) is 0 Å². The SMILES string of the molecule is C=C(C)[C@H]1Cc2c(ccc(C3=NN(C(C)=O)C4COc5cc(OC)c(OC)cc5C34)c2OCCCBr)O1. The average molecular weight is 571 g/mol. The maximum atomic E-state index is 12.7. The van der Waals surface area contributed by atoms with Crippen LogP contribution in [0.5, 0.6) is 28.7 Å². The van der Waals surface area contributed by atoms with Crippen LogP contribution >= 0.6 is 15.9 Å². The van der Waals surface area contributed by atoms with Crippen molar-refractivity contribution >= 4 is 27.5 Å². The van der Waals surface area contributed by atoms with E-state index in [0.717, 1.165) is 51.2 Å². The van der Waals surface area contributed by atoms with Gasteiger partial charge in [-0.25, -0.2) is 5.01 Å². The number of amides is 1. The summed E-state index contributed by atoms with van der Waals surface area (Å²) in [5.74, 6) is 3.02. The smallest absolute Gasteiger partial charge is 0.239 e. The van der Waals surface area contributed by atoms with Crippen LogP contribution in [0.25, 0.3) is 0 Å². The molecule has 0 saturated carbocycles. The minimum atomic E-state index is -0.291. The molecule has 5 rings (SSSR count). The summed E-state index contributed by atoms with van der Waals surface area (Å²) in [6.07, 6.45) is 1.42. The van der Waals surface area contributed by atoms with Gasteiger partial charge in [0.2, 0.25) is 5.91 Å². The highest BCUT2D eigenvalue weighted by Crippen LogP contribution is 2.49. The van der Waals surface area contributed by atoms with Gasteiger partial charge in [0, 0.05) is 41.4 Å². The van der Waals surface area contributed by atoms with Crippen LogP contribution in [0, 0.1) is 0 Å². The molecule has 3 aliphatic rings. The number of hydrogen-bond acceptors (Lipinski definition) is 7. The Balaban J connectivity index is 1.65. The summed E-state index contributed by atoms with van der Waals surface area (Å²) >= 11 is 3.49. The highest BCUT2D eigenvalue weighted by molar-refractivity contribution is 9.09. The second-order valence-electron chi connectivity index (χ2n) is 9.42. The number of rotatable bonds is 8. The third-order valence-electron chi connectivity index (χ3n) is 7.02. The number of halogens is 1. The Kier molecular flexibility index (Phi) is 7.07. The summed E-state index contributed by atoms with van der Waals surface area (Å²) in [6.45, 7) is 8.43. The molecule has 37 heavy (non-hydrogen) atoms. The molecular weight excluding hydrogens is 540 g/mol. The van der Waals surface area contributed by atoms with Crippen LogP contribution in [-0.4, -0.2) is 61.5 Å². The fraction of sp³-hybridized carbons (Fsp3) is 0.429. The number of alkyl halides is 1. The van der Waals surface area contributed by atoms with E-state index in [0.29, 0.717) is 36.9 Å². The molecule has 0 radical (unpaired) electrons. The van der Waals surface area contributed by atoms with Gasteiger partial charge in [-0.15, -0.1) is 0 Å². The largest absolute Gasteiger partial charge is 0.493 e. The maximum absolute atomic E-state index is 12.7. The number of ether oxygens (including phenoxy) is 5. The van der Waals surface area contributed by atoms with Crippen molar-refractivity contribution in [2.75, 3.05) is 32.8 Å². The molecule has 3 aliphatic heterocycles. The molecule has 1 amide bonds. The van der Waals surface area contributed by atoms with E-state index in [1.165, 1.54) is 11.9 Å². The Hall–Kier alpha value is -3.20. The van der Waals surface area contributed by atoms with E-state index in [1.54, 1.807) is 14.2 Å². The first-order valence-corrected chi connectivity index (χ1v) is 13.4. The number of hydrazone groups is 1. The second kappa shape index (κ2) is 10.3. The Bertz CT molecular complexity index is 1280.